The summed E-state index contributed by atoms with van der Waals surface area (Å²) in [7, 11) is 0. The number of aryl methyl sites for hydroxylation is 2. The second-order valence-electron chi connectivity index (χ2n) is 8.31. The van der Waals surface area contributed by atoms with Crippen molar-refractivity contribution in [1.82, 2.24) is 14.9 Å². The van der Waals surface area contributed by atoms with Gasteiger partial charge in [-0.25, -0.2) is 4.98 Å². The summed E-state index contributed by atoms with van der Waals surface area (Å²) >= 11 is 0. The summed E-state index contributed by atoms with van der Waals surface area (Å²) in [6.07, 6.45) is 2.49. The minimum atomic E-state index is 0.00906. The molecule has 2 fully saturated rings. The summed E-state index contributed by atoms with van der Waals surface area (Å²) in [6, 6.07) is 10.1. The lowest BCUT2D eigenvalue weighted by Crippen LogP contribution is -2.51. The molecule has 158 valence electrons. The van der Waals surface area contributed by atoms with Crippen LogP contribution in [-0.2, 0) is 9.59 Å². The Kier molecular flexibility index (Phi) is 5.97. The van der Waals surface area contributed by atoms with Crippen LogP contribution in [0.25, 0.3) is 0 Å². The Morgan fingerprint density at radius 3 is 2.33 bits per heavy atom. The van der Waals surface area contributed by atoms with Crippen molar-refractivity contribution < 1.29 is 9.59 Å². The van der Waals surface area contributed by atoms with Crippen molar-refractivity contribution >= 4 is 29.1 Å². The van der Waals surface area contributed by atoms with Crippen molar-refractivity contribution in [2.45, 2.75) is 39.5 Å². The molecule has 4 rings (SSSR count). The average molecular weight is 408 g/mol. The van der Waals surface area contributed by atoms with E-state index in [9.17, 15) is 9.59 Å². The van der Waals surface area contributed by atoms with Crippen LogP contribution in [0.3, 0.4) is 0 Å². The molecule has 0 unspecified atom stereocenters. The SMILES string of the molecule is Cc1ccc(Nc2cc(C)nc(N3CCN(C(=O)C4CCC(=O)CC4)CC3)n2)cc1. The summed E-state index contributed by atoms with van der Waals surface area (Å²) in [4.78, 5) is 37.6. The van der Waals surface area contributed by atoms with E-state index in [-0.39, 0.29) is 17.6 Å². The van der Waals surface area contributed by atoms with Gasteiger partial charge < -0.3 is 15.1 Å². The molecule has 1 N–H and O–H groups in total. The molecular weight excluding hydrogens is 378 g/mol. The highest BCUT2D eigenvalue weighted by Crippen LogP contribution is 2.25. The number of Topliss-reactive ketones (excluding diaryl/α,β-unsaturated/α-hetero) is 1. The van der Waals surface area contributed by atoms with Crippen LogP contribution in [-0.4, -0.2) is 52.7 Å². The van der Waals surface area contributed by atoms with Crippen LogP contribution >= 0.6 is 0 Å². The zero-order valence-electron chi connectivity index (χ0n) is 17.7. The summed E-state index contributed by atoms with van der Waals surface area (Å²) < 4.78 is 0. The molecule has 1 aliphatic carbocycles. The number of nitrogens with one attached hydrogen (secondary N) is 1. The summed E-state index contributed by atoms with van der Waals surface area (Å²) in [5.74, 6) is 1.96. The van der Waals surface area contributed by atoms with Gasteiger partial charge in [0.15, 0.2) is 0 Å². The molecule has 1 aromatic carbocycles. The molecule has 0 atom stereocenters. The maximum Gasteiger partial charge on any atom is 0.227 e. The number of hydrogen-bond acceptors (Lipinski definition) is 6. The standard InChI is InChI=1S/C23H29N5O2/c1-16-3-7-19(8-4-16)25-21-15-17(2)24-23(26-21)28-13-11-27(12-14-28)22(30)18-5-9-20(29)10-6-18/h3-4,7-8,15,18H,5-6,9-14H2,1-2H3,(H,24,25,26). The first-order valence-electron chi connectivity index (χ1n) is 10.7. The number of anilines is 3. The first-order valence-corrected chi connectivity index (χ1v) is 10.7. The minimum absolute atomic E-state index is 0.00906. The number of rotatable bonds is 4. The largest absolute Gasteiger partial charge is 0.340 e. The van der Waals surface area contributed by atoms with Crippen molar-refractivity contribution in [2.75, 3.05) is 36.4 Å². The highest BCUT2D eigenvalue weighted by atomic mass is 16.2. The number of carbonyl (C=O) groups excluding carboxylic acids is 2. The molecule has 1 aliphatic heterocycles. The summed E-state index contributed by atoms with van der Waals surface area (Å²) in [5.41, 5.74) is 3.11. The van der Waals surface area contributed by atoms with E-state index in [0.717, 1.165) is 17.2 Å². The quantitative estimate of drug-likeness (QED) is 0.838. The third kappa shape index (κ3) is 4.78. The number of amides is 1. The van der Waals surface area contributed by atoms with Crippen LogP contribution in [0.2, 0.25) is 0 Å². The molecular formula is C23H29N5O2. The van der Waals surface area contributed by atoms with Gasteiger partial charge in [-0.1, -0.05) is 17.7 Å². The van der Waals surface area contributed by atoms with Gasteiger partial charge in [0.2, 0.25) is 11.9 Å². The van der Waals surface area contributed by atoms with Crippen LogP contribution < -0.4 is 10.2 Å². The van der Waals surface area contributed by atoms with Gasteiger partial charge in [-0.2, -0.15) is 4.98 Å². The van der Waals surface area contributed by atoms with E-state index >= 15 is 0 Å². The number of piperazine rings is 1. The second-order valence-corrected chi connectivity index (χ2v) is 8.31. The van der Waals surface area contributed by atoms with Crippen molar-refractivity contribution in [3.05, 3.63) is 41.6 Å². The topological polar surface area (TPSA) is 78.4 Å². The minimum Gasteiger partial charge on any atom is -0.340 e. The second kappa shape index (κ2) is 8.81. The molecule has 0 bridgehead atoms. The molecule has 7 nitrogen and oxygen atoms in total. The number of nitrogens with zero attached hydrogens (tertiary/aromatic N) is 4. The fourth-order valence-electron chi connectivity index (χ4n) is 4.11. The number of benzene rings is 1. The molecule has 1 saturated heterocycles. The Hall–Kier alpha value is -2.96. The van der Waals surface area contributed by atoms with E-state index in [1.54, 1.807) is 0 Å². The van der Waals surface area contributed by atoms with Gasteiger partial charge >= 0.3 is 0 Å². The van der Waals surface area contributed by atoms with E-state index in [1.165, 1.54) is 5.56 Å². The van der Waals surface area contributed by atoms with Gasteiger partial charge in [-0.15, -0.1) is 0 Å². The molecule has 1 saturated carbocycles. The van der Waals surface area contributed by atoms with E-state index in [4.69, 9.17) is 4.98 Å². The predicted octanol–water partition coefficient (Wildman–Crippen LogP) is 3.24. The Balaban J connectivity index is 1.38. The van der Waals surface area contributed by atoms with Crippen LogP contribution in [0, 0.1) is 19.8 Å². The van der Waals surface area contributed by atoms with Gasteiger partial charge in [0.25, 0.3) is 0 Å². The third-order valence-electron chi connectivity index (χ3n) is 5.93. The first-order chi connectivity index (χ1) is 14.5. The van der Waals surface area contributed by atoms with Gasteiger partial charge in [-0.05, 0) is 38.8 Å². The van der Waals surface area contributed by atoms with Crippen molar-refractivity contribution in [1.29, 1.82) is 0 Å². The molecule has 1 amide bonds. The fourth-order valence-corrected chi connectivity index (χ4v) is 4.11. The van der Waals surface area contributed by atoms with Gasteiger partial charge in [0.05, 0.1) is 0 Å². The number of hydrogen-bond donors (Lipinski definition) is 1. The smallest absolute Gasteiger partial charge is 0.227 e. The van der Waals surface area contributed by atoms with Crippen LogP contribution in [0.1, 0.15) is 36.9 Å². The molecule has 2 aromatic rings. The summed E-state index contributed by atoms with van der Waals surface area (Å²) in [6.45, 7) is 6.79. The Labute approximate surface area is 177 Å². The molecule has 30 heavy (non-hydrogen) atoms. The number of ketones is 1. The molecule has 0 radical (unpaired) electrons. The van der Waals surface area contributed by atoms with E-state index < -0.39 is 0 Å². The Morgan fingerprint density at radius 2 is 1.67 bits per heavy atom. The normalized spacial score (nSPS) is 17.9. The van der Waals surface area contributed by atoms with Crippen molar-refractivity contribution in [3.8, 4) is 0 Å². The fraction of sp³-hybridized carbons (Fsp3) is 0.478. The highest BCUT2D eigenvalue weighted by molar-refractivity contribution is 5.84. The van der Waals surface area contributed by atoms with Gasteiger partial charge in [0.1, 0.15) is 11.6 Å². The lowest BCUT2D eigenvalue weighted by Gasteiger charge is -2.37. The highest BCUT2D eigenvalue weighted by Gasteiger charge is 2.30. The number of aromatic nitrogens is 2. The van der Waals surface area contributed by atoms with Crippen molar-refractivity contribution in [3.63, 3.8) is 0 Å². The lowest BCUT2D eigenvalue weighted by atomic mass is 9.87. The Bertz CT molecular complexity index is 910. The van der Waals surface area contributed by atoms with Crippen molar-refractivity contribution in [2.24, 2.45) is 5.92 Å². The van der Waals surface area contributed by atoms with Gasteiger partial charge in [0, 0.05) is 62.4 Å². The van der Waals surface area contributed by atoms with Gasteiger partial charge in [-0.3, -0.25) is 9.59 Å². The molecule has 1 aromatic heterocycles. The predicted molar refractivity (Wildman–Crippen MR) is 117 cm³/mol. The number of carbonyl (C=O) groups is 2. The van der Waals surface area contributed by atoms with Crippen LogP contribution in [0.15, 0.2) is 30.3 Å². The zero-order chi connectivity index (χ0) is 21.1. The third-order valence-corrected chi connectivity index (χ3v) is 5.93. The molecule has 0 spiro atoms. The van der Waals surface area contributed by atoms with E-state index in [2.05, 4.69) is 34.3 Å². The average Bonchev–Trinajstić information content (AvgIpc) is 2.75. The molecule has 7 heteroatoms. The molecule has 2 heterocycles. The van der Waals surface area contributed by atoms with Crippen LogP contribution in [0.4, 0.5) is 17.5 Å². The zero-order valence-corrected chi connectivity index (χ0v) is 17.7. The molecule has 2 aliphatic rings. The van der Waals surface area contributed by atoms with Crippen LogP contribution in [0.5, 0.6) is 0 Å². The lowest BCUT2D eigenvalue weighted by molar-refractivity contribution is -0.137. The first kappa shape index (κ1) is 20.3. The maximum atomic E-state index is 12.8. The Morgan fingerprint density at radius 1 is 1.00 bits per heavy atom. The van der Waals surface area contributed by atoms with E-state index in [0.29, 0.717) is 57.8 Å². The maximum absolute atomic E-state index is 12.8. The monoisotopic (exact) mass is 407 g/mol. The summed E-state index contributed by atoms with van der Waals surface area (Å²) in [5, 5.41) is 3.36. The van der Waals surface area contributed by atoms with E-state index in [1.807, 2.05) is 30.0 Å².